The maximum Gasteiger partial charge on any atom is 0.254 e. The Morgan fingerprint density at radius 3 is 2.57 bits per heavy atom. The second-order valence-corrected chi connectivity index (χ2v) is 8.42. The number of thiophene rings is 1. The van der Waals surface area contributed by atoms with Crippen molar-refractivity contribution in [2.75, 3.05) is 6.54 Å². The summed E-state index contributed by atoms with van der Waals surface area (Å²) in [6.45, 7) is 2.84. The molecule has 5 rings (SSSR count). The third kappa shape index (κ3) is 2.92. The Bertz CT molecular complexity index is 1160. The summed E-state index contributed by atoms with van der Waals surface area (Å²) < 4.78 is 0. The number of amides is 1. The SMILES string of the molecule is Cc1ccc([C@H]2c3ccsc3CCN2C(=O)c2ccc3ccccc3c2)cc1. The van der Waals surface area contributed by atoms with Gasteiger partial charge in [-0.3, -0.25) is 4.79 Å². The van der Waals surface area contributed by atoms with Gasteiger partial charge in [0.25, 0.3) is 5.91 Å². The van der Waals surface area contributed by atoms with Crippen LogP contribution in [-0.4, -0.2) is 17.4 Å². The first-order valence-corrected chi connectivity index (χ1v) is 10.5. The molecule has 28 heavy (non-hydrogen) atoms. The van der Waals surface area contributed by atoms with Gasteiger partial charge >= 0.3 is 0 Å². The Hall–Kier alpha value is -2.91. The fourth-order valence-electron chi connectivity index (χ4n) is 4.13. The first-order valence-electron chi connectivity index (χ1n) is 9.63. The van der Waals surface area contributed by atoms with E-state index in [1.807, 2.05) is 35.2 Å². The van der Waals surface area contributed by atoms with Gasteiger partial charge in [0.15, 0.2) is 0 Å². The van der Waals surface area contributed by atoms with Gasteiger partial charge in [-0.15, -0.1) is 11.3 Å². The molecule has 1 amide bonds. The number of aryl methyl sites for hydroxylation is 1. The molecule has 0 bridgehead atoms. The van der Waals surface area contributed by atoms with Gasteiger partial charge in [0, 0.05) is 17.0 Å². The summed E-state index contributed by atoms with van der Waals surface area (Å²) in [6.07, 6.45) is 0.925. The summed E-state index contributed by atoms with van der Waals surface area (Å²) in [7, 11) is 0. The lowest BCUT2D eigenvalue weighted by atomic mass is 9.92. The molecule has 138 valence electrons. The molecule has 2 nitrogen and oxygen atoms in total. The number of hydrogen-bond acceptors (Lipinski definition) is 2. The highest BCUT2D eigenvalue weighted by Gasteiger charge is 2.33. The first-order chi connectivity index (χ1) is 13.7. The van der Waals surface area contributed by atoms with Crippen molar-refractivity contribution in [2.24, 2.45) is 0 Å². The molecule has 0 saturated carbocycles. The second kappa shape index (κ2) is 6.92. The van der Waals surface area contributed by atoms with Gasteiger partial charge in [0.05, 0.1) is 6.04 Å². The fraction of sp³-hybridized carbons (Fsp3) is 0.160. The Kier molecular flexibility index (Phi) is 4.25. The summed E-state index contributed by atoms with van der Waals surface area (Å²) in [5, 5.41) is 4.41. The molecule has 1 aliphatic heterocycles. The van der Waals surface area contributed by atoms with Gasteiger partial charge < -0.3 is 4.90 Å². The number of benzene rings is 3. The summed E-state index contributed by atoms with van der Waals surface area (Å²) in [5.74, 6) is 0.105. The minimum atomic E-state index is -0.0189. The minimum absolute atomic E-state index is 0.0189. The molecule has 3 aromatic carbocycles. The molecule has 1 atom stereocenters. The first kappa shape index (κ1) is 17.2. The van der Waals surface area contributed by atoms with Crippen LogP contribution in [0.15, 0.2) is 78.2 Å². The lowest BCUT2D eigenvalue weighted by Crippen LogP contribution is -2.40. The number of carbonyl (C=O) groups excluding carboxylic acids is 1. The zero-order valence-electron chi connectivity index (χ0n) is 15.8. The van der Waals surface area contributed by atoms with Gasteiger partial charge in [-0.25, -0.2) is 0 Å². The fourth-order valence-corrected chi connectivity index (χ4v) is 5.04. The van der Waals surface area contributed by atoms with Gasteiger partial charge in [-0.1, -0.05) is 60.2 Å². The molecular formula is C25H21NOS. The topological polar surface area (TPSA) is 20.3 Å². The normalized spacial score (nSPS) is 16.2. The van der Waals surface area contributed by atoms with E-state index in [1.54, 1.807) is 11.3 Å². The average Bonchev–Trinajstić information content (AvgIpc) is 3.22. The molecule has 0 fully saturated rings. The lowest BCUT2D eigenvalue weighted by Gasteiger charge is -2.36. The Balaban J connectivity index is 1.58. The van der Waals surface area contributed by atoms with E-state index in [9.17, 15) is 4.79 Å². The van der Waals surface area contributed by atoms with Crippen LogP contribution in [0.5, 0.6) is 0 Å². The van der Waals surface area contributed by atoms with E-state index in [1.165, 1.54) is 21.6 Å². The summed E-state index contributed by atoms with van der Waals surface area (Å²) in [6, 6.07) is 25.0. The predicted molar refractivity (Wildman–Crippen MR) is 116 cm³/mol. The van der Waals surface area contributed by atoms with E-state index in [-0.39, 0.29) is 11.9 Å². The van der Waals surface area contributed by atoms with Crippen LogP contribution in [0.1, 0.15) is 38.0 Å². The third-order valence-corrected chi connectivity index (χ3v) is 6.61. The van der Waals surface area contributed by atoms with Crippen LogP contribution in [0, 0.1) is 6.92 Å². The Labute approximate surface area is 169 Å². The number of nitrogens with zero attached hydrogens (tertiary/aromatic N) is 1. The van der Waals surface area contributed by atoms with E-state index in [2.05, 4.69) is 54.8 Å². The zero-order chi connectivity index (χ0) is 19.1. The van der Waals surface area contributed by atoms with Gasteiger partial charge in [-0.2, -0.15) is 0 Å². The monoisotopic (exact) mass is 383 g/mol. The van der Waals surface area contributed by atoms with Gasteiger partial charge in [-0.05, 0) is 58.8 Å². The van der Waals surface area contributed by atoms with Crippen LogP contribution in [0.4, 0.5) is 0 Å². The van der Waals surface area contributed by atoms with Crippen molar-refractivity contribution in [1.29, 1.82) is 0 Å². The van der Waals surface area contributed by atoms with Crippen molar-refractivity contribution in [3.63, 3.8) is 0 Å². The summed E-state index contributed by atoms with van der Waals surface area (Å²) >= 11 is 1.80. The van der Waals surface area contributed by atoms with Crippen LogP contribution in [-0.2, 0) is 6.42 Å². The molecule has 1 aromatic heterocycles. The quantitative estimate of drug-likeness (QED) is 0.416. The van der Waals surface area contributed by atoms with Crippen molar-refractivity contribution in [3.8, 4) is 0 Å². The molecule has 4 aromatic rings. The molecule has 0 radical (unpaired) electrons. The zero-order valence-corrected chi connectivity index (χ0v) is 16.6. The van der Waals surface area contributed by atoms with Crippen molar-refractivity contribution >= 4 is 28.0 Å². The largest absolute Gasteiger partial charge is 0.327 e. The second-order valence-electron chi connectivity index (χ2n) is 7.42. The molecule has 0 spiro atoms. The Morgan fingerprint density at radius 2 is 1.75 bits per heavy atom. The number of carbonyl (C=O) groups is 1. The molecule has 2 heterocycles. The molecule has 0 saturated heterocycles. The molecule has 0 unspecified atom stereocenters. The minimum Gasteiger partial charge on any atom is -0.327 e. The van der Waals surface area contributed by atoms with Crippen molar-refractivity contribution in [2.45, 2.75) is 19.4 Å². The number of hydrogen-bond donors (Lipinski definition) is 0. The van der Waals surface area contributed by atoms with Crippen molar-refractivity contribution in [1.82, 2.24) is 4.90 Å². The lowest BCUT2D eigenvalue weighted by molar-refractivity contribution is 0.0696. The van der Waals surface area contributed by atoms with Crippen LogP contribution < -0.4 is 0 Å². The Morgan fingerprint density at radius 1 is 0.964 bits per heavy atom. The van der Waals surface area contributed by atoms with Crippen LogP contribution in [0.2, 0.25) is 0 Å². The highest BCUT2D eigenvalue weighted by molar-refractivity contribution is 7.10. The number of fused-ring (bicyclic) bond motifs is 2. The smallest absolute Gasteiger partial charge is 0.254 e. The van der Waals surface area contributed by atoms with E-state index in [0.29, 0.717) is 0 Å². The third-order valence-electron chi connectivity index (χ3n) is 5.62. The standard InChI is InChI=1S/C25H21NOS/c1-17-6-8-19(9-7-17)24-22-13-15-28-23(22)12-14-26(24)25(27)21-11-10-18-4-2-3-5-20(18)16-21/h2-11,13,15-16,24H,12,14H2,1H3/t24-/m0/s1. The summed E-state index contributed by atoms with van der Waals surface area (Å²) in [5.41, 5.74) is 4.44. The van der Waals surface area contributed by atoms with Crippen LogP contribution in [0.25, 0.3) is 10.8 Å². The van der Waals surface area contributed by atoms with E-state index in [0.717, 1.165) is 29.3 Å². The maximum atomic E-state index is 13.6. The summed E-state index contributed by atoms with van der Waals surface area (Å²) in [4.78, 5) is 17.0. The van der Waals surface area contributed by atoms with Crippen LogP contribution in [0.3, 0.4) is 0 Å². The highest BCUT2D eigenvalue weighted by Crippen LogP contribution is 2.38. The van der Waals surface area contributed by atoms with Gasteiger partial charge in [0.2, 0.25) is 0 Å². The average molecular weight is 384 g/mol. The molecular weight excluding hydrogens is 362 g/mol. The van der Waals surface area contributed by atoms with E-state index >= 15 is 0 Å². The van der Waals surface area contributed by atoms with Crippen molar-refractivity contribution < 1.29 is 4.79 Å². The molecule has 1 aliphatic rings. The maximum absolute atomic E-state index is 13.6. The van der Waals surface area contributed by atoms with Crippen LogP contribution >= 0.6 is 11.3 Å². The number of rotatable bonds is 2. The van der Waals surface area contributed by atoms with E-state index in [4.69, 9.17) is 0 Å². The molecule has 0 aliphatic carbocycles. The van der Waals surface area contributed by atoms with Gasteiger partial charge in [0.1, 0.15) is 0 Å². The van der Waals surface area contributed by atoms with Crippen molar-refractivity contribution in [3.05, 3.63) is 105 Å². The highest BCUT2D eigenvalue weighted by atomic mass is 32.1. The molecule has 3 heteroatoms. The predicted octanol–water partition coefficient (Wildman–Crippen LogP) is 6.00. The van der Waals surface area contributed by atoms with E-state index < -0.39 is 0 Å². The molecule has 0 N–H and O–H groups in total.